The van der Waals surface area contributed by atoms with Gasteiger partial charge >= 0.3 is 0 Å². The van der Waals surface area contributed by atoms with Crippen LogP contribution in [-0.4, -0.2) is 35.3 Å². The predicted octanol–water partition coefficient (Wildman–Crippen LogP) is 3.19. The zero-order valence-corrected chi connectivity index (χ0v) is 17.3. The fourth-order valence-corrected chi connectivity index (χ4v) is 3.37. The van der Waals surface area contributed by atoms with Crippen molar-refractivity contribution in [3.8, 4) is 0 Å². The third kappa shape index (κ3) is 4.45. The lowest BCUT2D eigenvalue weighted by atomic mass is 9.96. The highest BCUT2D eigenvalue weighted by atomic mass is 16.5. The first kappa shape index (κ1) is 23.0. The fourth-order valence-electron chi connectivity index (χ4n) is 3.37. The summed E-state index contributed by atoms with van der Waals surface area (Å²) < 4.78 is 6.75. The number of aromatic nitrogens is 1. The number of hydrogen-bond acceptors (Lipinski definition) is 5. The molecule has 150 valence electrons. The molecular weight excluding hydrogens is 344 g/mol. The van der Waals surface area contributed by atoms with Crippen molar-refractivity contribution in [2.75, 3.05) is 13.7 Å². The maximum absolute atomic E-state index is 12.8. The van der Waals surface area contributed by atoms with E-state index in [-0.39, 0.29) is 12.2 Å². The fraction of sp³-hybridized carbons (Fsp3) is 0.571. The molecule has 0 spiro atoms. The third-order valence-electron chi connectivity index (χ3n) is 4.55. The second-order valence-electron chi connectivity index (χ2n) is 5.78. The number of aliphatic hydroxyl groups excluding tert-OH is 1. The maximum atomic E-state index is 12.8. The number of hydrogen-bond donors (Lipinski definition) is 1. The Labute approximate surface area is 161 Å². The minimum absolute atomic E-state index is 0.0610. The summed E-state index contributed by atoms with van der Waals surface area (Å²) in [6.07, 6.45) is 0.955. The van der Waals surface area contributed by atoms with E-state index in [2.05, 4.69) is 11.9 Å². The lowest BCUT2D eigenvalue weighted by molar-refractivity contribution is -0.115. The molecule has 1 aromatic rings. The van der Waals surface area contributed by atoms with Crippen molar-refractivity contribution in [3.05, 3.63) is 44.4 Å². The summed E-state index contributed by atoms with van der Waals surface area (Å²) in [6, 6.07) is 1.71. The number of aldehydes is 1. The van der Waals surface area contributed by atoms with Crippen LogP contribution in [0.15, 0.2) is 27.0 Å². The van der Waals surface area contributed by atoms with Gasteiger partial charge in [0.1, 0.15) is 6.10 Å². The summed E-state index contributed by atoms with van der Waals surface area (Å²) >= 11 is 0. The normalized spacial score (nSPS) is 15.4. The molecule has 0 aliphatic carbocycles. The van der Waals surface area contributed by atoms with Crippen molar-refractivity contribution in [2.24, 2.45) is 4.99 Å². The summed E-state index contributed by atoms with van der Waals surface area (Å²) in [4.78, 5) is 28.4. The molecule has 1 atom stereocenters. The van der Waals surface area contributed by atoms with Crippen LogP contribution in [0.2, 0.25) is 0 Å². The monoisotopic (exact) mass is 376 g/mol. The van der Waals surface area contributed by atoms with Crippen molar-refractivity contribution < 1.29 is 14.6 Å². The topological polar surface area (TPSA) is 80.9 Å². The maximum Gasteiger partial charge on any atom is 0.257 e. The van der Waals surface area contributed by atoms with E-state index in [0.717, 1.165) is 24.1 Å². The minimum Gasteiger partial charge on any atom is -0.381 e. The molecule has 0 bridgehead atoms. The second kappa shape index (κ2) is 10.9. The van der Waals surface area contributed by atoms with E-state index in [4.69, 9.17) is 4.74 Å². The molecule has 3 heterocycles. The van der Waals surface area contributed by atoms with Gasteiger partial charge in [-0.15, -0.1) is 0 Å². The third-order valence-corrected chi connectivity index (χ3v) is 4.55. The molecule has 0 saturated heterocycles. The SMILES string of the molecule is CC.CC.CCC1=C2Cn3c(cc(C(O)C=O)c(COC)c3=O)C2=NCC1. The van der Waals surface area contributed by atoms with Gasteiger partial charge in [0.05, 0.1) is 24.6 Å². The molecule has 27 heavy (non-hydrogen) atoms. The van der Waals surface area contributed by atoms with Crippen LogP contribution in [0.3, 0.4) is 0 Å². The zero-order chi connectivity index (χ0) is 20.6. The number of pyridine rings is 1. The van der Waals surface area contributed by atoms with Crippen LogP contribution in [0.5, 0.6) is 0 Å². The number of fused-ring (bicyclic) bond motifs is 3. The second-order valence-corrected chi connectivity index (χ2v) is 5.78. The molecule has 6 nitrogen and oxygen atoms in total. The number of aliphatic imine (C=N–C) groups is 1. The van der Waals surface area contributed by atoms with Crippen molar-refractivity contribution in [2.45, 2.75) is 66.7 Å². The van der Waals surface area contributed by atoms with E-state index in [1.54, 1.807) is 10.6 Å². The first-order chi connectivity index (χ1) is 13.1. The van der Waals surface area contributed by atoms with Crippen LogP contribution in [-0.2, 0) is 22.7 Å². The van der Waals surface area contributed by atoms with E-state index >= 15 is 0 Å². The molecule has 0 radical (unpaired) electrons. The highest BCUT2D eigenvalue weighted by Crippen LogP contribution is 2.30. The van der Waals surface area contributed by atoms with Crippen LogP contribution in [0.4, 0.5) is 0 Å². The summed E-state index contributed by atoms with van der Waals surface area (Å²) in [5.41, 5.74) is 4.36. The molecule has 1 aromatic heterocycles. The smallest absolute Gasteiger partial charge is 0.257 e. The van der Waals surface area contributed by atoms with Gasteiger partial charge in [-0.25, -0.2) is 0 Å². The average Bonchev–Trinajstić information content (AvgIpc) is 3.11. The van der Waals surface area contributed by atoms with E-state index in [0.29, 0.717) is 36.2 Å². The molecule has 0 aromatic carbocycles. The van der Waals surface area contributed by atoms with Gasteiger partial charge in [-0.2, -0.15) is 0 Å². The predicted molar refractivity (Wildman–Crippen MR) is 108 cm³/mol. The van der Waals surface area contributed by atoms with Crippen LogP contribution < -0.4 is 5.56 Å². The number of carbonyl (C=O) groups excluding carboxylic acids is 1. The number of carbonyl (C=O) groups is 1. The number of aliphatic hydroxyl groups is 1. The first-order valence-electron chi connectivity index (χ1n) is 9.77. The average molecular weight is 376 g/mol. The largest absolute Gasteiger partial charge is 0.381 e. The minimum atomic E-state index is -1.33. The standard InChI is InChI=1S/C17H20N2O4.2C2H6/c1-3-10-4-5-18-16-12(10)7-19-14(16)6-11(15(21)8-20)13(9-23-2)17(19)22;2*1-2/h6,8,15,21H,3-5,7,9H2,1-2H3;2*1-2H3. The molecule has 2 aliphatic heterocycles. The molecular formula is C21H32N2O4. The summed E-state index contributed by atoms with van der Waals surface area (Å²) in [5, 5.41) is 9.96. The molecule has 6 heteroatoms. The van der Waals surface area contributed by atoms with Crippen molar-refractivity contribution >= 4 is 12.0 Å². The Balaban J connectivity index is 0.000000855. The highest BCUT2D eigenvalue weighted by molar-refractivity contribution is 6.14. The van der Waals surface area contributed by atoms with Gasteiger partial charge in [0, 0.05) is 24.8 Å². The van der Waals surface area contributed by atoms with E-state index in [1.165, 1.54) is 12.7 Å². The Hall–Kier alpha value is -2.05. The van der Waals surface area contributed by atoms with Gasteiger partial charge in [-0.3, -0.25) is 9.79 Å². The van der Waals surface area contributed by atoms with Gasteiger partial charge in [0.15, 0.2) is 6.29 Å². The molecule has 3 rings (SSSR count). The molecule has 0 saturated carbocycles. The summed E-state index contributed by atoms with van der Waals surface area (Å²) in [6.45, 7) is 11.4. The van der Waals surface area contributed by atoms with Crippen LogP contribution in [0.25, 0.3) is 0 Å². The van der Waals surface area contributed by atoms with Gasteiger partial charge in [-0.1, -0.05) is 40.2 Å². The molecule has 1 unspecified atom stereocenters. The number of nitrogens with zero attached hydrogens (tertiary/aromatic N) is 2. The van der Waals surface area contributed by atoms with Crippen LogP contribution in [0, 0.1) is 0 Å². The lowest BCUT2D eigenvalue weighted by Gasteiger charge is -2.15. The van der Waals surface area contributed by atoms with Gasteiger partial charge < -0.3 is 19.2 Å². The Kier molecular flexibility index (Phi) is 9.32. The zero-order valence-electron chi connectivity index (χ0n) is 17.3. The quantitative estimate of drug-likeness (QED) is 0.800. The number of dihydropyridines is 1. The van der Waals surface area contributed by atoms with Crippen LogP contribution >= 0.6 is 0 Å². The van der Waals surface area contributed by atoms with Gasteiger partial charge in [-0.05, 0) is 24.5 Å². The number of rotatable bonds is 5. The Morgan fingerprint density at radius 2 is 2.00 bits per heavy atom. The van der Waals surface area contributed by atoms with E-state index in [9.17, 15) is 14.7 Å². The number of methoxy groups -OCH3 is 1. The summed E-state index contributed by atoms with van der Waals surface area (Å²) in [5.74, 6) is 0. The van der Waals surface area contributed by atoms with Crippen LogP contribution in [0.1, 0.15) is 70.4 Å². The highest BCUT2D eigenvalue weighted by Gasteiger charge is 2.31. The van der Waals surface area contributed by atoms with Crippen molar-refractivity contribution in [1.29, 1.82) is 0 Å². The van der Waals surface area contributed by atoms with Crippen molar-refractivity contribution in [1.82, 2.24) is 4.57 Å². The Bertz CT molecular complexity index is 775. The van der Waals surface area contributed by atoms with Crippen molar-refractivity contribution in [3.63, 3.8) is 0 Å². The van der Waals surface area contributed by atoms with Gasteiger partial charge in [0.25, 0.3) is 5.56 Å². The van der Waals surface area contributed by atoms with Gasteiger partial charge in [0.2, 0.25) is 0 Å². The molecule has 0 amide bonds. The Morgan fingerprint density at radius 3 is 2.56 bits per heavy atom. The first-order valence-corrected chi connectivity index (χ1v) is 9.77. The molecule has 2 aliphatic rings. The molecule has 0 fully saturated rings. The van der Waals surface area contributed by atoms with E-state index < -0.39 is 6.10 Å². The Morgan fingerprint density at radius 1 is 1.33 bits per heavy atom. The van der Waals surface area contributed by atoms with E-state index in [1.807, 2.05) is 27.7 Å². The number of ether oxygens (including phenoxy) is 1. The lowest BCUT2D eigenvalue weighted by Crippen LogP contribution is -2.27. The molecule has 1 N–H and O–H groups in total. The number of allylic oxidation sites excluding steroid dienone is 1. The summed E-state index contributed by atoms with van der Waals surface area (Å²) in [7, 11) is 1.48.